The zero-order chi connectivity index (χ0) is 12.6. The third-order valence-electron chi connectivity index (χ3n) is 2.45. The van der Waals surface area contributed by atoms with Gasteiger partial charge in [0, 0.05) is 17.1 Å². The van der Waals surface area contributed by atoms with Crippen molar-refractivity contribution < 1.29 is 9.18 Å². The number of benzene rings is 1. The molecule has 17 heavy (non-hydrogen) atoms. The third-order valence-corrected chi connectivity index (χ3v) is 2.45. The molecule has 88 valence electrons. The minimum Gasteiger partial charge on any atom is -0.806 e. The van der Waals surface area contributed by atoms with E-state index in [1.807, 2.05) is 0 Å². The van der Waals surface area contributed by atoms with Crippen LogP contribution in [-0.2, 0) is 6.67 Å². The van der Waals surface area contributed by atoms with Crippen LogP contribution in [0.2, 0.25) is 0 Å². The molecule has 1 heterocycles. The summed E-state index contributed by atoms with van der Waals surface area (Å²) in [5.74, 6) is -0.962. The Morgan fingerprint density at radius 1 is 1.47 bits per heavy atom. The van der Waals surface area contributed by atoms with Gasteiger partial charge in [-0.1, -0.05) is 6.07 Å². The maximum Gasteiger partial charge on any atom is 0.254 e. The molecule has 0 unspecified atom stereocenters. The van der Waals surface area contributed by atoms with Gasteiger partial charge in [0.25, 0.3) is 5.91 Å². The first-order chi connectivity index (χ1) is 8.04. The van der Waals surface area contributed by atoms with E-state index in [4.69, 9.17) is 5.73 Å². The summed E-state index contributed by atoms with van der Waals surface area (Å²) in [6.07, 6.45) is 0.814. The highest BCUT2D eigenvalue weighted by atomic mass is 19.1. The van der Waals surface area contributed by atoms with Crippen LogP contribution in [0.3, 0.4) is 0 Å². The number of halogens is 1. The molecule has 5 nitrogen and oxygen atoms in total. The van der Waals surface area contributed by atoms with Gasteiger partial charge in [0.15, 0.2) is 0 Å². The fourth-order valence-corrected chi connectivity index (χ4v) is 1.60. The number of hydrogen-bond acceptors (Lipinski definition) is 3. The van der Waals surface area contributed by atoms with Gasteiger partial charge in [-0.15, -0.1) is 0 Å². The molecule has 1 aromatic heterocycles. The highest BCUT2D eigenvalue weighted by Crippen LogP contribution is 2.14. The number of hydrogen-bond donors (Lipinski definition) is 1. The second kappa shape index (κ2) is 3.89. The number of rotatable bonds is 2. The van der Waals surface area contributed by atoms with Crippen molar-refractivity contribution in [2.75, 3.05) is 0 Å². The van der Waals surface area contributed by atoms with E-state index >= 15 is 0 Å². The van der Waals surface area contributed by atoms with E-state index in [9.17, 15) is 19.2 Å². The molecule has 0 atom stereocenters. The molecule has 2 N–H and O–H groups in total. The van der Waals surface area contributed by atoms with Crippen LogP contribution >= 0.6 is 0 Å². The van der Waals surface area contributed by atoms with Gasteiger partial charge in [-0.05, 0) is 17.7 Å². The van der Waals surface area contributed by atoms with Crippen LogP contribution in [0, 0.1) is 5.21 Å². The molecule has 0 spiro atoms. The second-order valence-corrected chi connectivity index (χ2v) is 3.55. The molecule has 2 rings (SSSR count). The summed E-state index contributed by atoms with van der Waals surface area (Å²) in [5, 5.41) is 11.6. The van der Waals surface area contributed by atoms with Crippen LogP contribution in [0.1, 0.15) is 15.9 Å². The molecule has 0 saturated heterocycles. The summed E-state index contributed by atoms with van der Waals surface area (Å²) in [5.41, 5.74) is 4.29. The summed E-state index contributed by atoms with van der Waals surface area (Å²) < 4.78 is 12.8. The van der Waals surface area contributed by atoms with Crippen LogP contribution in [0.5, 0.6) is 0 Å². The van der Waals surface area contributed by atoms with Crippen LogP contribution in [-0.4, -0.2) is 10.6 Å². The van der Waals surface area contributed by atoms with Gasteiger partial charge in [0.2, 0.25) is 5.43 Å². The van der Waals surface area contributed by atoms with Gasteiger partial charge >= 0.3 is 0 Å². The van der Waals surface area contributed by atoms with Gasteiger partial charge in [0.1, 0.15) is 12.2 Å². The van der Waals surface area contributed by atoms with Crippen molar-refractivity contribution in [3.63, 3.8) is 0 Å². The molecule has 1 amide bonds. The summed E-state index contributed by atoms with van der Waals surface area (Å²) in [6, 6.07) is 3.97. The number of carbonyl (C=O) groups excluding carboxylic acids is 1. The van der Waals surface area contributed by atoms with E-state index in [-0.39, 0.29) is 22.0 Å². The van der Waals surface area contributed by atoms with E-state index in [0.717, 1.165) is 6.20 Å². The standard InChI is InChI=1S/C11H8FN2O3/c12-4-6-1-2-7-9(3-6)14(17)5-8(10(7)15)11(13)16/h1-3,5H,4H2,(H2,13,16)/q-1. The van der Waals surface area contributed by atoms with Crippen LogP contribution < -0.4 is 11.2 Å². The number of fused-ring (bicyclic) bond motifs is 1. The molecule has 0 saturated carbocycles. The minimum absolute atomic E-state index is 0.0233. The van der Waals surface area contributed by atoms with Crippen molar-refractivity contribution >= 4 is 16.8 Å². The van der Waals surface area contributed by atoms with E-state index in [2.05, 4.69) is 0 Å². The molecule has 0 aliphatic carbocycles. The van der Waals surface area contributed by atoms with Gasteiger partial charge in [-0.2, -0.15) is 0 Å². The first kappa shape index (κ1) is 11.1. The van der Waals surface area contributed by atoms with Crippen molar-refractivity contribution in [2.45, 2.75) is 6.67 Å². The Kier molecular flexibility index (Phi) is 2.55. The molecule has 1 aromatic carbocycles. The van der Waals surface area contributed by atoms with Crippen molar-refractivity contribution in [1.82, 2.24) is 4.73 Å². The van der Waals surface area contributed by atoms with Gasteiger partial charge < -0.3 is 15.7 Å². The Morgan fingerprint density at radius 3 is 2.76 bits per heavy atom. The lowest BCUT2D eigenvalue weighted by molar-refractivity contribution is 0.0999. The molecule has 2 aromatic rings. The zero-order valence-electron chi connectivity index (χ0n) is 8.64. The first-order valence-corrected chi connectivity index (χ1v) is 4.76. The van der Waals surface area contributed by atoms with Crippen LogP contribution in [0.4, 0.5) is 4.39 Å². The summed E-state index contributed by atoms with van der Waals surface area (Å²) in [6.45, 7) is -0.734. The van der Waals surface area contributed by atoms with Gasteiger partial charge in [0.05, 0.1) is 0 Å². The average molecular weight is 235 g/mol. The number of amides is 1. The second-order valence-electron chi connectivity index (χ2n) is 3.55. The predicted molar refractivity (Wildman–Crippen MR) is 60.3 cm³/mol. The van der Waals surface area contributed by atoms with E-state index in [1.165, 1.54) is 18.2 Å². The summed E-state index contributed by atoms with van der Waals surface area (Å²) in [4.78, 5) is 22.7. The minimum atomic E-state index is -0.962. The topological polar surface area (TPSA) is 88.2 Å². The Bertz CT molecular complexity index is 664. The quantitative estimate of drug-likeness (QED) is 0.839. The van der Waals surface area contributed by atoms with Crippen molar-refractivity contribution in [1.29, 1.82) is 0 Å². The van der Waals surface area contributed by atoms with Crippen LogP contribution in [0.25, 0.3) is 10.9 Å². The van der Waals surface area contributed by atoms with Crippen molar-refractivity contribution in [2.24, 2.45) is 5.73 Å². The highest BCUT2D eigenvalue weighted by molar-refractivity contribution is 5.96. The third kappa shape index (κ3) is 1.73. The molecule has 0 bridgehead atoms. The number of aromatic nitrogens is 1. The highest BCUT2D eigenvalue weighted by Gasteiger charge is 2.10. The number of pyridine rings is 1. The van der Waals surface area contributed by atoms with Gasteiger partial charge in [-0.25, -0.2) is 4.39 Å². The predicted octanol–water partition coefficient (Wildman–Crippen LogP) is 0.916. The molecule has 0 radical (unpaired) electrons. The first-order valence-electron chi connectivity index (χ1n) is 4.76. The fraction of sp³-hybridized carbons (Fsp3) is 0.0909. The van der Waals surface area contributed by atoms with Gasteiger partial charge in [-0.3, -0.25) is 9.59 Å². The van der Waals surface area contributed by atoms with E-state index in [1.54, 1.807) is 0 Å². The number of nitrogens with zero attached hydrogens (tertiary/aromatic N) is 1. The fourth-order valence-electron chi connectivity index (χ4n) is 1.60. The molecule has 0 fully saturated rings. The molecule has 6 heteroatoms. The largest absolute Gasteiger partial charge is 0.806 e. The number of alkyl halides is 1. The summed E-state index contributed by atoms with van der Waals surface area (Å²) >= 11 is 0. The number of nitrogens with two attached hydrogens (primary N) is 1. The Hall–Kier alpha value is -2.37. The lowest BCUT2D eigenvalue weighted by Gasteiger charge is -2.15. The maximum atomic E-state index is 12.4. The monoisotopic (exact) mass is 235 g/mol. The lowest BCUT2D eigenvalue weighted by atomic mass is 10.1. The summed E-state index contributed by atoms with van der Waals surface area (Å²) in [7, 11) is 0. The van der Waals surface area contributed by atoms with Crippen molar-refractivity contribution in [3.8, 4) is 0 Å². The van der Waals surface area contributed by atoms with Crippen molar-refractivity contribution in [3.05, 3.63) is 51.0 Å². The SMILES string of the molecule is NC(=O)c1cn([O-])c2cc(CF)ccc2c1=O. The van der Waals surface area contributed by atoms with Crippen LogP contribution in [0.15, 0.2) is 29.2 Å². The molecular weight excluding hydrogens is 227 g/mol. The Labute approximate surface area is 94.8 Å². The number of carbonyl (C=O) groups is 1. The normalized spacial score (nSPS) is 10.6. The molecule has 0 aliphatic heterocycles. The Morgan fingerprint density at radius 2 is 2.18 bits per heavy atom. The van der Waals surface area contributed by atoms with E-state index in [0.29, 0.717) is 4.73 Å². The lowest BCUT2D eigenvalue weighted by Crippen LogP contribution is -2.23. The maximum absolute atomic E-state index is 12.4. The molecular formula is C11H8FN2O3-. The number of primary amides is 1. The smallest absolute Gasteiger partial charge is 0.254 e. The Balaban J connectivity index is 2.87. The zero-order valence-corrected chi connectivity index (χ0v) is 8.64. The van der Waals surface area contributed by atoms with E-state index < -0.39 is 18.0 Å². The average Bonchev–Trinajstić information content (AvgIpc) is 2.32. The molecule has 0 aliphatic rings.